The van der Waals surface area contributed by atoms with Crippen LogP contribution in [0.15, 0.2) is 0 Å². The fourth-order valence-corrected chi connectivity index (χ4v) is 1.41. The quantitative estimate of drug-likeness (QED) is 0.502. The molecule has 0 unspecified atom stereocenters. The number of carboxylic acid groups (broad SMARTS) is 1. The number of rotatable bonds is 1. The predicted molar refractivity (Wildman–Crippen MR) is 56.2 cm³/mol. The van der Waals surface area contributed by atoms with Crippen molar-refractivity contribution in [2.75, 3.05) is 52.6 Å². The molecule has 2 rings (SSSR count). The topological polar surface area (TPSA) is 105 Å². The van der Waals surface area contributed by atoms with Gasteiger partial charge in [0, 0.05) is 13.1 Å². The summed E-state index contributed by atoms with van der Waals surface area (Å²) in [5.41, 5.74) is 2.14. The van der Waals surface area contributed by atoms with Gasteiger partial charge in [-0.1, -0.05) is 0 Å². The fourth-order valence-electron chi connectivity index (χ4n) is 1.41. The van der Waals surface area contributed by atoms with Crippen LogP contribution in [0.2, 0.25) is 0 Å². The Morgan fingerprint density at radius 1 is 1.06 bits per heavy atom. The average molecular weight is 248 g/mol. The summed E-state index contributed by atoms with van der Waals surface area (Å²) < 4.78 is 10.0. The third kappa shape index (κ3) is 7.08. The molecule has 4 N–H and O–H groups in total. The molecule has 2 saturated heterocycles. The highest BCUT2D eigenvalue weighted by molar-refractivity contribution is 5.61. The van der Waals surface area contributed by atoms with Crippen LogP contribution in [0, 0.1) is 0 Å². The highest BCUT2D eigenvalue weighted by Gasteiger charge is 2.08. The standard InChI is InChI=1S/C5H10N2O3.C4H10N2O/c8-5(9)6-7-1-3-10-4-2-7;5-6-1-3-7-4-2-6/h6H,1-4H2,(H,8,9);1-5H2. The van der Waals surface area contributed by atoms with E-state index in [-0.39, 0.29) is 0 Å². The molecule has 2 fully saturated rings. The number of amides is 1. The van der Waals surface area contributed by atoms with E-state index < -0.39 is 6.09 Å². The molecular formula is C9H20N4O4. The van der Waals surface area contributed by atoms with Crippen molar-refractivity contribution in [2.45, 2.75) is 0 Å². The highest BCUT2D eigenvalue weighted by atomic mass is 16.5. The third-order valence-electron chi connectivity index (χ3n) is 2.36. The van der Waals surface area contributed by atoms with E-state index in [1.807, 2.05) is 5.01 Å². The number of hydrazine groups is 1. The van der Waals surface area contributed by atoms with Crippen LogP contribution in [0.25, 0.3) is 0 Å². The zero-order valence-electron chi connectivity index (χ0n) is 9.89. The lowest BCUT2D eigenvalue weighted by atomic mass is 10.5. The Morgan fingerprint density at radius 3 is 1.88 bits per heavy atom. The van der Waals surface area contributed by atoms with Gasteiger partial charge in [0.15, 0.2) is 0 Å². The molecule has 1 amide bonds. The molecule has 2 aliphatic heterocycles. The van der Waals surface area contributed by atoms with E-state index in [1.54, 1.807) is 5.01 Å². The molecule has 2 aliphatic rings. The lowest BCUT2D eigenvalue weighted by Gasteiger charge is -2.27. The van der Waals surface area contributed by atoms with Crippen molar-refractivity contribution in [1.82, 2.24) is 15.4 Å². The van der Waals surface area contributed by atoms with Gasteiger partial charge >= 0.3 is 0 Å². The van der Waals surface area contributed by atoms with Gasteiger partial charge in [-0.05, 0) is 0 Å². The van der Waals surface area contributed by atoms with Crippen molar-refractivity contribution < 1.29 is 25.2 Å². The molecule has 100 valence electrons. The smallest absolute Gasteiger partial charge is 0.149 e. The average Bonchev–Trinajstić information content (AvgIpc) is 2.31. The Balaban J connectivity index is 0.000000181. The summed E-state index contributed by atoms with van der Waals surface area (Å²) in [5.74, 6) is 3.75. The molecule has 0 aliphatic carbocycles. The maximum atomic E-state index is 9.96. The summed E-state index contributed by atoms with van der Waals surface area (Å²) in [5, 5.41) is 13.5. The lowest BCUT2D eigenvalue weighted by molar-refractivity contribution is -0.580. The third-order valence-corrected chi connectivity index (χ3v) is 2.36. The Bertz CT molecular complexity index is 217. The van der Waals surface area contributed by atoms with Crippen molar-refractivity contribution in [3.8, 4) is 0 Å². The molecule has 0 atom stereocenters. The molecule has 0 aromatic carbocycles. The SMILES string of the molecule is O=C([O-])NN1CCOCC1.[NH3+]N1CCOCC1. The second kappa shape index (κ2) is 8.20. The van der Waals surface area contributed by atoms with E-state index in [4.69, 9.17) is 9.47 Å². The number of carbonyl (C=O) groups excluding carboxylic acids is 1. The first-order valence-corrected chi connectivity index (χ1v) is 5.62. The molecule has 8 heteroatoms. The van der Waals surface area contributed by atoms with Crippen molar-refractivity contribution in [2.24, 2.45) is 0 Å². The largest absolute Gasteiger partial charge is 0.529 e. The van der Waals surface area contributed by atoms with Crippen LogP contribution in [0.4, 0.5) is 4.79 Å². The number of morpholine rings is 2. The number of nitrogens with zero attached hydrogens (tertiary/aromatic N) is 2. The maximum absolute atomic E-state index is 9.96. The van der Waals surface area contributed by atoms with Crippen LogP contribution >= 0.6 is 0 Å². The number of quaternary nitrogens is 1. The molecule has 0 bridgehead atoms. The molecule has 0 saturated carbocycles. The van der Waals surface area contributed by atoms with Gasteiger partial charge in [-0.3, -0.25) is 5.84 Å². The Labute approximate surface area is 100 Å². The minimum Gasteiger partial charge on any atom is -0.529 e. The first-order valence-electron chi connectivity index (χ1n) is 5.62. The molecule has 2 heterocycles. The molecular weight excluding hydrogens is 228 g/mol. The molecule has 0 aromatic heterocycles. The highest BCUT2D eigenvalue weighted by Crippen LogP contribution is 1.90. The van der Waals surface area contributed by atoms with Crippen LogP contribution in [0.3, 0.4) is 0 Å². The van der Waals surface area contributed by atoms with Crippen molar-refractivity contribution in [3.63, 3.8) is 0 Å². The summed E-state index contributed by atoms with van der Waals surface area (Å²) in [6, 6.07) is 0. The predicted octanol–water partition coefficient (Wildman–Crippen LogP) is -3.36. The van der Waals surface area contributed by atoms with Crippen molar-refractivity contribution in [1.29, 1.82) is 0 Å². The van der Waals surface area contributed by atoms with E-state index in [1.165, 1.54) is 0 Å². The number of hydrogen-bond donors (Lipinski definition) is 2. The number of nitrogens with one attached hydrogen (secondary N) is 1. The van der Waals surface area contributed by atoms with Gasteiger partial charge in [0.2, 0.25) is 0 Å². The first kappa shape index (κ1) is 14.1. The van der Waals surface area contributed by atoms with E-state index >= 15 is 0 Å². The summed E-state index contributed by atoms with van der Waals surface area (Å²) in [4.78, 5) is 9.96. The summed E-state index contributed by atoms with van der Waals surface area (Å²) in [6.07, 6.45) is -1.26. The van der Waals surface area contributed by atoms with Gasteiger partial charge in [-0.15, -0.1) is 0 Å². The van der Waals surface area contributed by atoms with Gasteiger partial charge in [-0.2, -0.15) is 5.01 Å². The lowest BCUT2D eigenvalue weighted by Crippen LogP contribution is -2.70. The molecule has 0 spiro atoms. The Kier molecular flexibility index (Phi) is 6.82. The monoisotopic (exact) mass is 248 g/mol. The minimum absolute atomic E-state index is 0.570. The zero-order valence-corrected chi connectivity index (χ0v) is 9.89. The van der Waals surface area contributed by atoms with E-state index in [0.717, 1.165) is 26.3 Å². The first-order chi connectivity index (χ1) is 8.18. The molecule has 17 heavy (non-hydrogen) atoms. The second-order valence-electron chi connectivity index (χ2n) is 3.73. The second-order valence-corrected chi connectivity index (χ2v) is 3.73. The molecule has 8 nitrogen and oxygen atoms in total. The van der Waals surface area contributed by atoms with Crippen LogP contribution in [0.5, 0.6) is 0 Å². The van der Waals surface area contributed by atoms with Crippen molar-refractivity contribution in [3.05, 3.63) is 0 Å². The van der Waals surface area contributed by atoms with Crippen LogP contribution < -0.4 is 16.4 Å². The van der Waals surface area contributed by atoms with Crippen LogP contribution in [-0.4, -0.2) is 68.7 Å². The van der Waals surface area contributed by atoms with Gasteiger partial charge in [0.05, 0.1) is 39.5 Å². The number of hydrogen-bond acceptors (Lipinski definition) is 6. The van der Waals surface area contributed by atoms with Gasteiger partial charge < -0.3 is 24.8 Å². The zero-order chi connectivity index (χ0) is 12.5. The van der Waals surface area contributed by atoms with Gasteiger partial charge in [0.1, 0.15) is 6.09 Å². The summed E-state index contributed by atoms with van der Waals surface area (Å²) in [6.45, 7) is 6.00. The summed E-state index contributed by atoms with van der Waals surface area (Å²) in [7, 11) is 0. The van der Waals surface area contributed by atoms with E-state index in [0.29, 0.717) is 26.3 Å². The van der Waals surface area contributed by atoms with Gasteiger partial charge in [0.25, 0.3) is 0 Å². The van der Waals surface area contributed by atoms with E-state index in [9.17, 15) is 9.90 Å². The van der Waals surface area contributed by atoms with E-state index in [2.05, 4.69) is 11.3 Å². The Morgan fingerprint density at radius 2 is 1.53 bits per heavy atom. The summed E-state index contributed by atoms with van der Waals surface area (Å²) >= 11 is 0. The van der Waals surface area contributed by atoms with Gasteiger partial charge in [-0.25, -0.2) is 5.01 Å². The molecule has 0 radical (unpaired) electrons. The number of ether oxygens (including phenoxy) is 2. The van der Waals surface area contributed by atoms with Crippen LogP contribution in [-0.2, 0) is 9.47 Å². The minimum atomic E-state index is -1.26. The maximum Gasteiger partial charge on any atom is 0.149 e. The Hall–Kier alpha value is -0.930. The number of carbonyl (C=O) groups is 1. The molecule has 0 aromatic rings. The fraction of sp³-hybridized carbons (Fsp3) is 0.889. The van der Waals surface area contributed by atoms with Crippen LogP contribution in [0.1, 0.15) is 0 Å². The normalized spacial score (nSPS) is 22.4. The van der Waals surface area contributed by atoms with Crippen molar-refractivity contribution >= 4 is 6.09 Å².